The smallest absolute Gasteiger partial charge is 0.0976 e. The molecule has 1 heterocycles. The van der Waals surface area contributed by atoms with E-state index in [-0.39, 0.29) is 5.41 Å². The van der Waals surface area contributed by atoms with Gasteiger partial charge in [-0.3, -0.25) is 0 Å². The average Bonchev–Trinajstić information content (AvgIpc) is 3.19. The molecule has 6 aromatic carbocycles. The molecule has 0 saturated carbocycles. The fourth-order valence-electron chi connectivity index (χ4n) is 7.39. The predicted molar refractivity (Wildman–Crippen MR) is 170 cm³/mol. The molecular weight excluding hydrogens is 496 g/mol. The summed E-state index contributed by atoms with van der Waals surface area (Å²) >= 11 is 0. The van der Waals surface area contributed by atoms with Crippen LogP contribution in [0.4, 0.5) is 0 Å². The zero-order valence-electron chi connectivity index (χ0n) is 22.9. The summed E-state index contributed by atoms with van der Waals surface area (Å²) in [6.45, 7) is 4.76. The topological polar surface area (TPSA) is 25.8 Å². The Morgan fingerprint density at radius 1 is 0.463 bits per heavy atom. The summed E-state index contributed by atoms with van der Waals surface area (Å²) in [5.41, 5.74) is 16.3. The highest BCUT2D eigenvalue weighted by atomic mass is 14.8. The average molecular weight is 523 g/mol. The molecule has 7 aromatic rings. The van der Waals surface area contributed by atoms with Crippen molar-refractivity contribution < 1.29 is 0 Å². The summed E-state index contributed by atoms with van der Waals surface area (Å²) in [4.78, 5) is 10.6. The summed E-state index contributed by atoms with van der Waals surface area (Å²) in [5, 5.41) is 2.64. The quantitative estimate of drug-likeness (QED) is 0.226. The standard InChI is InChI=1S/C39H26N2/c1-39(2)30-22-19-23-13-10-16-27-25-14-6-7-15-26(25)28-20-21-29(36(39)34(28)35(30)33(23)27)38-37(24-11-4-3-5-12-24)40-31-17-8-9-18-32(31)41-38/h3-22H,1-2H3. The van der Waals surface area contributed by atoms with Gasteiger partial charge in [0.15, 0.2) is 0 Å². The van der Waals surface area contributed by atoms with Crippen LogP contribution < -0.4 is 0 Å². The molecule has 0 saturated heterocycles. The summed E-state index contributed by atoms with van der Waals surface area (Å²) in [7, 11) is 0. The lowest BCUT2D eigenvalue weighted by molar-refractivity contribution is 0.662. The lowest BCUT2D eigenvalue weighted by Gasteiger charge is -2.26. The second-order valence-electron chi connectivity index (χ2n) is 11.7. The van der Waals surface area contributed by atoms with E-state index < -0.39 is 0 Å². The van der Waals surface area contributed by atoms with Crippen LogP contribution in [0.3, 0.4) is 0 Å². The van der Waals surface area contributed by atoms with E-state index in [0.29, 0.717) is 0 Å². The molecule has 0 atom stereocenters. The third-order valence-corrected chi connectivity index (χ3v) is 9.18. The van der Waals surface area contributed by atoms with Gasteiger partial charge in [0.05, 0.1) is 22.4 Å². The van der Waals surface area contributed by atoms with Crippen molar-refractivity contribution in [1.29, 1.82) is 0 Å². The van der Waals surface area contributed by atoms with E-state index in [1.165, 1.54) is 55.3 Å². The first-order valence-electron chi connectivity index (χ1n) is 14.3. The number of para-hydroxylation sites is 2. The lowest BCUT2D eigenvalue weighted by Crippen LogP contribution is -2.17. The molecule has 0 unspecified atom stereocenters. The van der Waals surface area contributed by atoms with Crippen molar-refractivity contribution in [2.45, 2.75) is 19.3 Å². The van der Waals surface area contributed by atoms with Gasteiger partial charge in [-0.1, -0.05) is 123 Å². The van der Waals surface area contributed by atoms with Crippen LogP contribution in [0.1, 0.15) is 25.0 Å². The Morgan fingerprint density at radius 3 is 1.88 bits per heavy atom. The summed E-state index contributed by atoms with van der Waals surface area (Å²) in [6, 6.07) is 43.6. The minimum absolute atomic E-state index is 0.217. The number of aromatic nitrogens is 2. The maximum atomic E-state index is 5.34. The Kier molecular flexibility index (Phi) is 4.42. The van der Waals surface area contributed by atoms with E-state index in [1.54, 1.807) is 0 Å². The van der Waals surface area contributed by atoms with Crippen LogP contribution in [0.5, 0.6) is 0 Å². The van der Waals surface area contributed by atoms with Crippen molar-refractivity contribution in [3.63, 3.8) is 0 Å². The number of hydrogen-bond acceptors (Lipinski definition) is 2. The first kappa shape index (κ1) is 22.7. The maximum absolute atomic E-state index is 5.34. The van der Waals surface area contributed by atoms with Crippen LogP contribution in [-0.4, -0.2) is 9.97 Å². The molecule has 0 fully saturated rings. The number of benzene rings is 6. The van der Waals surface area contributed by atoms with Gasteiger partial charge in [0.2, 0.25) is 0 Å². The molecule has 2 aliphatic rings. The second-order valence-corrected chi connectivity index (χ2v) is 11.7. The molecule has 0 spiro atoms. The van der Waals surface area contributed by atoms with Crippen molar-refractivity contribution in [2.75, 3.05) is 0 Å². The zero-order valence-corrected chi connectivity index (χ0v) is 22.9. The van der Waals surface area contributed by atoms with Gasteiger partial charge in [0, 0.05) is 16.5 Å². The molecule has 0 amide bonds. The first-order chi connectivity index (χ1) is 20.1. The van der Waals surface area contributed by atoms with Crippen molar-refractivity contribution in [2.24, 2.45) is 0 Å². The molecule has 9 rings (SSSR count). The Bertz CT molecular complexity index is 2220. The molecule has 0 bridgehead atoms. The van der Waals surface area contributed by atoms with Crippen LogP contribution in [0.2, 0.25) is 0 Å². The molecule has 0 N–H and O–H groups in total. The Morgan fingerprint density at radius 2 is 1.10 bits per heavy atom. The molecular formula is C39H26N2. The van der Waals surface area contributed by atoms with Crippen molar-refractivity contribution in [3.05, 3.63) is 132 Å². The SMILES string of the molecule is CC1(C)c2ccc3cccc4c3c2-c2c(ccc(-c3nc5ccccc5nc3-c3ccccc3)c21)-c1ccccc1-4. The lowest BCUT2D eigenvalue weighted by atomic mass is 9.77. The highest BCUT2D eigenvalue weighted by Gasteiger charge is 2.42. The summed E-state index contributed by atoms with van der Waals surface area (Å²) in [6.07, 6.45) is 0. The number of rotatable bonds is 2. The van der Waals surface area contributed by atoms with E-state index in [0.717, 1.165) is 33.5 Å². The van der Waals surface area contributed by atoms with E-state index in [2.05, 4.69) is 123 Å². The molecule has 41 heavy (non-hydrogen) atoms. The van der Waals surface area contributed by atoms with Gasteiger partial charge in [-0.2, -0.15) is 0 Å². The Balaban J connectivity index is 1.47. The molecule has 192 valence electrons. The molecule has 2 nitrogen and oxygen atoms in total. The van der Waals surface area contributed by atoms with E-state index in [1.807, 2.05) is 12.1 Å². The van der Waals surface area contributed by atoms with Crippen LogP contribution >= 0.6 is 0 Å². The normalized spacial score (nSPS) is 13.8. The Labute approximate surface area is 239 Å². The third kappa shape index (κ3) is 2.97. The number of hydrogen-bond donors (Lipinski definition) is 0. The summed E-state index contributed by atoms with van der Waals surface area (Å²) < 4.78 is 0. The van der Waals surface area contributed by atoms with Crippen molar-refractivity contribution in [3.8, 4) is 55.9 Å². The van der Waals surface area contributed by atoms with Gasteiger partial charge in [-0.25, -0.2) is 9.97 Å². The highest BCUT2D eigenvalue weighted by molar-refractivity contribution is 6.17. The van der Waals surface area contributed by atoms with Gasteiger partial charge in [0.1, 0.15) is 0 Å². The molecule has 0 aliphatic heterocycles. The summed E-state index contributed by atoms with van der Waals surface area (Å²) in [5.74, 6) is 0. The van der Waals surface area contributed by atoms with Crippen LogP contribution in [0, 0.1) is 0 Å². The molecule has 2 aliphatic carbocycles. The van der Waals surface area contributed by atoms with Gasteiger partial charge >= 0.3 is 0 Å². The molecule has 1 aromatic heterocycles. The van der Waals surface area contributed by atoms with Gasteiger partial charge in [-0.05, 0) is 67.4 Å². The van der Waals surface area contributed by atoms with E-state index >= 15 is 0 Å². The third-order valence-electron chi connectivity index (χ3n) is 9.18. The van der Waals surface area contributed by atoms with Crippen molar-refractivity contribution >= 4 is 21.8 Å². The molecule has 2 heteroatoms. The van der Waals surface area contributed by atoms with Gasteiger partial charge in [-0.15, -0.1) is 0 Å². The maximum Gasteiger partial charge on any atom is 0.0976 e. The van der Waals surface area contributed by atoms with E-state index in [4.69, 9.17) is 9.97 Å². The highest BCUT2D eigenvalue weighted by Crippen LogP contribution is 2.60. The minimum atomic E-state index is -0.217. The monoisotopic (exact) mass is 522 g/mol. The predicted octanol–water partition coefficient (Wildman–Crippen LogP) is 10.1. The zero-order chi connectivity index (χ0) is 27.3. The minimum Gasteiger partial charge on any atom is -0.244 e. The Hall–Kier alpha value is -5.08. The second kappa shape index (κ2) is 7.99. The number of fused-ring (bicyclic) bond motifs is 4. The number of nitrogens with zero attached hydrogens (tertiary/aromatic N) is 2. The largest absolute Gasteiger partial charge is 0.244 e. The fraction of sp³-hybridized carbons (Fsp3) is 0.0769. The van der Waals surface area contributed by atoms with Crippen LogP contribution in [-0.2, 0) is 5.41 Å². The van der Waals surface area contributed by atoms with Gasteiger partial charge in [0.25, 0.3) is 0 Å². The van der Waals surface area contributed by atoms with E-state index in [9.17, 15) is 0 Å². The van der Waals surface area contributed by atoms with Crippen LogP contribution in [0.25, 0.3) is 77.7 Å². The van der Waals surface area contributed by atoms with Crippen LogP contribution in [0.15, 0.2) is 121 Å². The van der Waals surface area contributed by atoms with Crippen molar-refractivity contribution in [1.82, 2.24) is 9.97 Å². The first-order valence-corrected chi connectivity index (χ1v) is 14.3. The molecule has 0 radical (unpaired) electrons. The fourth-order valence-corrected chi connectivity index (χ4v) is 7.39. The van der Waals surface area contributed by atoms with Gasteiger partial charge < -0.3 is 0 Å².